The maximum absolute atomic E-state index is 9.44. The van der Waals surface area contributed by atoms with Gasteiger partial charge < -0.3 is 10.4 Å². The molecule has 0 saturated heterocycles. The van der Waals surface area contributed by atoms with E-state index in [1.54, 1.807) is 10.7 Å². The van der Waals surface area contributed by atoms with E-state index in [0.717, 1.165) is 12.0 Å². The number of nitrogens with zero attached hydrogens (tertiary/aromatic N) is 3. The van der Waals surface area contributed by atoms with E-state index in [0.29, 0.717) is 27.6 Å². The molecule has 0 fully saturated rings. The van der Waals surface area contributed by atoms with E-state index in [1.165, 1.54) is 0 Å². The molecule has 3 aromatic rings. The molecule has 0 unspecified atom stereocenters. The summed E-state index contributed by atoms with van der Waals surface area (Å²) in [4.78, 5) is 4.57. The molecular weight excluding hydrogens is 310 g/mol. The van der Waals surface area contributed by atoms with Crippen LogP contribution in [0.15, 0.2) is 36.5 Å². The Labute approximate surface area is 140 Å². The quantitative estimate of drug-likeness (QED) is 0.704. The van der Waals surface area contributed by atoms with E-state index in [-0.39, 0.29) is 12.6 Å². The number of aliphatic hydroxyl groups excluding tert-OH is 1. The van der Waals surface area contributed by atoms with Crippen molar-refractivity contribution in [2.24, 2.45) is 0 Å². The minimum Gasteiger partial charge on any atom is -0.394 e. The second kappa shape index (κ2) is 6.60. The molecule has 0 bridgehead atoms. The van der Waals surface area contributed by atoms with Crippen LogP contribution in [0.25, 0.3) is 16.9 Å². The Kier molecular flexibility index (Phi) is 4.55. The molecule has 5 nitrogen and oxygen atoms in total. The number of hydrogen-bond acceptors (Lipinski definition) is 4. The third-order valence-corrected chi connectivity index (χ3v) is 4.04. The van der Waals surface area contributed by atoms with E-state index >= 15 is 0 Å². The topological polar surface area (TPSA) is 62.5 Å². The number of nitrogens with one attached hydrogen (secondary N) is 1. The molecule has 0 aliphatic carbocycles. The highest BCUT2D eigenvalue weighted by Gasteiger charge is 2.14. The van der Waals surface area contributed by atoms with Gasteiger partial charge in [-0.2, -0.15) is 9.61 Å². The molecule has 2 radical (unpaired) electrons. The summed E-state index contributed by atoms with van der Waals surface area (Å²) in [5.41, 5.74) is 2.56. The Bertz CT molecular complexity index is 832. The van der Waals surface area contributed by atoms with Gasteiger partial charge in [-0.3, -0.25) is 0 Å². The summed E-state index contributed by atoms with van der Waals surface area (Å²) in [6.07, 6.45) is 2.34. The zero-order valence-electron chi connectivity index (χ0n) is 12.7. The smallest absolute Gasteiger partial charge is 0.150 e. The van der Waals surface area contributed by atoms with Crippen molar-refractivity contribution in [3.63, 3.8) is 0 Å². The summed E-state index contributed by atoms with van der Waals surface area (Å²) in [5, 5.41) is 17.6. The molecular formula is C16H16BClN4O. The minimum absolute atomic E-state index is 0.0263. The molecule has 1 atom stereocenters. The van der Waals surface area contributed by atoms with Crippen molar-refractivity contribution in [3.05, 3.63) is 41.6 Å². The third kappa shape index (κ3) is 3.05. The van der Waals surface area contributed by atoms with E-state index in [2.05, 4.69) is 15.4 Å². The van der Waals surface area contributed by atoms with Crippen LogP contribution in [0.4, 0.5) is 5.82 Å². The first kappa shape index (κ1) is 15.8. The lowest BCUT2D eigenvalue weighted by Crippen LogP contribution is -2.24. The molecule has 23 heavy (non-hydrogen) atoms. The molecule has 3 rings (SSSR count). The fourth-order valence-corrected chi connectivity index (χ4v) is 2.61. The van der Waals surface area contributed by atoms with Crippen LogP contribution in [0.1, 0.15) is 13.3 Å². The van der Waals surface area contributed by atoms with Crippen molar-refractivity contribution in [2.45, 2.75) is 19.4 Å². The van der Waals surface area contributed by atoms with E-state index in [1.807, 2.05) is 37.3 Å². The molecule has 0 spiro atoms. The van der Waals surface area contributed by atoms with Crippen molar-refractivity contribution in [1.82, 2.24) is 14.6 Å². The predicted octanol–water partition coefficient (Wildman–Crippen LogP) is 2.03. The summed E-state index contributed by atoms with van der Waals surface area (Å²) in [6.45, 7) is 2.02. The standard InChI is InChI=1S/C16H16BClN4O/c1-2-10(9-23)20-15-7-14(11-5-3-4-6-13(11)18)21-16-12(17)8-19-22(15)16/h3-8,10,20,23H,2,9H2,1H3/t10-/m0/s1. The molecule has 2 heterocycles. The zero-order valence-corrected chi connectivity index (χ0v) is 13.5. The lowest BCUT2D eigenvalue weighted by molar-refractivity contribution is 0.271. The van der Waals surface area contributed by atoms with Crippen molar-refractivity contribution >= 4 is 36.4 Å². The zero-order chi connectivity index (χ0) is 16.4. The molecule has 116 valence electrons. The van der Waals surface area contributed by atoms with Crippen molar-refractivity contribution in [3.8, 4) is 11.3 Å². The van der Waals surface area contributed by atoms with Crippen LogP contribution in [0.3, 0.4) is 0 Å². The number of rotatable bonds is 5. The first-order valence-electron chi connectivity index (χ1n) is 7.40. The molecule has 2 aromatic heterocycles. The first-order valence-corrected chi connectivity index (χ1v) is 7.78. The minimum atomic E-state index is -0.0786. The number of aromatic nitrogens is 3. The van der Waals surface area contributed by atoms with Crippen LogP contribution in [0, 0.1) is 0 Å². The largest absolute Gasteiger partial charge is 0.394 e. The summed E-state index contributed by atoms with van der Waals surface area (Å²) in [5.74, 6) is 0.711. The molecule has 0 amide bonds. The van der Waals surface area contributed by atoms with Crippen molar-refractivity contribution < 1.29 is 5.11 Å². The van der Waals surface area contributed by atoms with Gasteiger partial charge in [0.05, 0.1) is 18.3 Å². The highest BCUT2D eigenvalue weighted by molar-refractivity contribution is 6.36. The summed E-state index contributed by atoms with van der Waals surface area (Å²) < 4.78 is 1.63. The summed E-state index contributed by atoms with van der Waals surface area (Å²) in [6, 6.07) is 9.28. The van der Waals surface area contributed by atoms with Gasteiger partial charge in [-0.1, -0.05) is 36.7 Å². The Balaban J connectivity index is 2.17. The van der Waals surface area contributed by atoms with Gasteiger partial charge in [0.15, 0.2) is 5.65 Å². The fraction of sp³-hybridized carbons (Fsp3) is 0.250. The average Bonchev–Trinajstić information content (AvgIpc) is 2.94. The number of hydrogen-bond donors (Lipinski definition) is 2. The second-order valence-corrected chi connectivity index (χ2v) is 5.68. The Morgan fingerprint density at radius 2 is 2.17 bits per heavy atom. The highest BCUT2D eigenvalue weighted by atomic mass is 35.5. The number of aliphatic hydroxyl groups is 1. The van der Waals surface area contributed by atoms with Crippen LogP contribution in [0.2, 0.25) is 5.02 Å². The Morgan fingerprint density at radius 3 is 2.87 bits per heavy atom. The van der Waals surface area contributed by atoms with Crippen LogP contribution < -0.4 is 10.8 Å². The highest BCUT2D eigenvalue weighted by Crippen LogP contribution is 2.28. The third-order valence-electron chi connectivity index (χ3n) is 3.71. The summed E-state index contributed by atoms with van der Waals surface area (Å²) >= 11 is 6.28. The van der Waals surface area contributed by atoms with E-state index < -0.39 is 0 Å². The number of fused-ring (bicyclic) bond motifs is 1. The second-order valence-electron chi connectivity index (χ2n) is 5.27. The SMILES string of the molecule is [B]c1cnn2c(N[C@@H](CC)CO)cc(-c3ccccc3Cl)nc12. The molecule has 1 aromatic carbocycles. The van der Waals surface area contributed by atoms with E-state index in [4.69, 9.17) is 19.4 Å². The monoisotopic (exact) mass is 326 g/mol. The lowest BCUT2D eigenvalue weighted by atomic mass is 10.0. The first-order chi connectivity index (χ1) is 11.1. The molecule has 0 aliphatic heterocycles. The van der Waals surface area contributed by atoms with Crippen LogP contribution in [-0.4, -0.2) is 40.2 Å². The Hall–Kier alpha value is -2.05. The number of halogens is 1. The van der Waals surface area contributed by atoms with Crippen LogP contribution in [0.5, 0.6) is 0 Å². The van der Waals surface area contributed by atoms with Gasteiger partial charge in [0.1, 0.15) is 13.7 Å². The van der Waals surface area contributed by atoms with Gasteiger partial charge in [-0.05, 0) is 17.9 Å². The van der Waals surface area contributed by atoms with Gasteiger partial charge in [0.25, 0.3) is 0 Å². The van der Waals surface area contributed by atoms with Crippen molar-refractivity contribution in [1.29, 1.82) is 0 Å². The maximum Gasteiger partial charge on any atom is 0.150 e. The van der Waals surface area contributed by atoms with Crippen molar-refractivity contribution in [2.75, 3.05) is 11.9 Å². The Morgan fingerprint density at radius 1 is 1.39 bits per heavy atom. The molecule has 2 N–H and O–H groups in total. The fourth-order valence-electron chi connectivity index (χ4n) is 2.38. The van der Waals surface area contributed by atoms with Crippen LogP contribution in [-0.2, 0) is 0 Å². The summed E-state index contributed by atoms with van der Waals surface area (Å²) in [7, 11) is 5.97. The van der Waals surface area contributed by atoms with Gasteiger partial charge in [0, 0.05) is 22.8 Å². The van der Waals surface area contributed by atoms with E-state index in [9.17, 15) is 5.11 Å². The van der Waals surface area contributed by atoms with Gasteiger partial charge in [-0.15, -0.1) is 0 Å². The predicted molar refractivity (Wildman–Crippen MR) is 93.6 cm³/mol. The number of benzene rings is 1. The van der Waals surface area contributed by atoms with Gasteiger partial charge in [-0.25, -0.2) is 4.98 Å². The average molecular weight is 327 g/mol. The van der Waals surface area contributed by atoms with Gasteiger partial charge >= 0.3 is 0 Å². The molecule has 7 heteroatoms. The molecule has 0 aliphatic rings. The van der Waals surface area contributed by atoms with Gasteiger partial charge in [0.2, 0.25) is 0 Å². The van der Waals surface area contributed by atoms with Crippen LogP contribution >= 0.6 is 11.6 Å². The normalized spacial score (nSPS) is 12.5. The molecule has 0 saturated carbocycles. The lowest BCUT2D eigenvalue weighted by Gasteiger charge is -2.17. The number of anilines is 1. The maximum atomic E-state index is 9.44.